The van der Waals surface area contributed by atoms with E-state index in [2.05, 4.69) is 11.7 Å². The lowest BCUT2D eigenvalue weighted by Crippen LogP contribution is -1.93. The van der Waals surface area contributed by atoms with Gasteiger partial charge in [0.25, 0.3) is 0 Å². The second kappa shape index (κ2) is 6.08. The molecule has 1 aromatic carbocycles. The molecule has 0 aromatic heterocycles. The predicted molar refractivity (Wildman–Crippen MR) is 72.8 cm³/mol. The van der Waals surface area contributed by atoms with Gasteiger partial charge in [0.2, 0.25) is 0 Å². The van der Waals surface area contributed by atoms with E-state index in [4.69, 9.17) is 26.3 Å². The molecule has 0 amide bonds. The van der Waals surface area contributed by atoms with E-state index in [1.54, 1.807) is 19.1 Å². The van der Waals surface area contributed by atoms with Gasteiger partial charge in [-0.25, -0.2) is 0 Å². The van der Waals surface area contributed by atoms with E-state index in [-0.39, 0.29) is 0 Å². The first-order chi connectivity index (χ1) is 8.58. The van der Waals surface area contributed by atoms with Gasteiger partial charge in [0.05, 0.1) is 31.0 Å². The van der Waals surface area contributed by atoms with Crippen molar-refractivity contribution in [2.24, 2.45) is 4.99 Å². The summed E-state index contributed by atoms with van der Waals surface area (Å²) in [5.41, 5.74) is 1.52. The Morgan fingerprint density at radius 3 is 2.33 bits per heavy atom. The van der Waals surface area contributed by atoms with Crippen LogP contribution < -0.4 is 9.47 Å². The molecule has 0 bridgehead atoms. The summed E-state index contributed by atoms with van der Waals surface area (Å²) < 4.78 is 10.4. The lowest BCUT2D eigenvalue weighted by atomic mass is 10.1. The van der Waals surface area contributed by atoms with Crippen LogP contribution in [0.1, 0.15) is 12.5 Å². The minimum Gasteiger partial charge on any atom is -0.493 e. The lowest BCUT2D eigenvalue weighted by molar-refractivity contribution is 0.355. The van der Waals surface area contributed by atoms with Crippen molar-refractivity contribution in [3.8, 4) is 17.6 Å². The van der Waals surface area contributed by atoms with Crippen LogP contribution in [0.4, 0.5) is 5.69 Å². The minimum atomic E-state index is 0.320. The van der Waals surface area contributed by atoms with Gasteiger partial charge in [0, 0.05) is 17.2 Å². The van der Waals surface area contributed by atoms with Crippen molar-refractivity contribution in [2.75, 3.05) is 14.2 Å². The highest BCUT2D eigenvalue weighted by Gasteiger charge is 2.14. The molecule has 0 saturated heterocycles. The van der Waals surface area contributed by atoms with E-state index < -0.39 is 0 Å². The maximum absolute atomic E-state index is 8.86. The number of aliphatic imine (C=N–C) groups is 1. The topological polar surface area (TPSA) is 54.6 Å². The van der Waals surface area contributed by atoms with Crippen LogP contribution >= 0.6 is 11.6 Å². The van der Waals surface area contributed by atoms with Gasteiger partial charge in [-0.3, -0.25) is 4.99 Å². The number of nitrogens with zero attached hydrogens (tertiary/aromatic N) is 2. The molecule has 0 heterocycles. The monoisotopic (exact) mass is 264 g/mol. The van der Waals surface area contributed by atoms with E-state index in [0.717, 1.165) is 0 Å². The summed E-state index contributed by atoms with van der Waals surface area (Å²) in [5, 5.41) is 9.18. The highest BCUT2D eigenvalue weighted by molar-refractivity contribution is 6.50. The zero-order chi connectivity index (χ0) is 13.7. The van der Waals surface area contributed by atoms with Gasteiger partial charge < -0.3 is 9.47 Å². The van der Waals surface area contributed by atoms with Crippen LogP contribution in [-0.2, 0) is 0 Å². The fraction of sp³-hybridized carbons (Fsp3) is 0.231. The van der Waals surface area contributed by atoms with Crippen molar-refractivity contribution in [3.05, 3.63) is 23.3 Å². The van der Waals surface area contributed by atoms with E-state index in [9.17, 15) is 0 Å². The first-order valence-corrected chi connectivity index (χ1v) is 5.46. The highest BCUT2D eigenvalue weighted by Crippen LogP contribution is 2.39. The fourth-order valence-corrected chi connectivity index (χ4v) is 1.62. The fourth-order valence-electron chi connectivity index (χ4n) is 1.43. The SMILES string of the molecule is C=Nc1cc(OC)c(OC)cc1/C(Cl)=C(\C)C#N. The summed E-state index contributed by atoms with van der Waals surface area (Å²) in [7, 11) is 3.06. The van der Waals surface area contributed by atoms with Crippen molar-refractivity contribution in [1.29, 1.82) is 5.26 Å². The van der Waals surface area contributed by atoms with Crippen molar-refractivity contribution in [2.45, 2.75) is 6.92 Å². The van der Waals surface area contributed by atoms with Crippen LogP contribution in [0.15, 0.2) is 22.7 Å². The Balaban J connectivity index is 3.54. The van der Waals surface area contributed by atoms with E-state index >= 15 is 0 Å². The molecule has 0 fully saturated rings. The molecule has 1 aromatic rings. The number of hydrogen-bond donors (Lipinski definition) is 0. The zero-order valence-corrected chi connectivity index (χ0v) is 11.2. The molecule has 5 heteroatoms. The van der Waals surface area contributed by atoms with Gasteiger partial charge >= 0.3 is 0 Å². The molecule has 1 rings (SSSR count). The largest absolute Gasteiger partial charge is 0.493 e. The second-order valence-electron chi connectivity index (χ2n) is 3.43. The minimum absolute atomic E-state index is 0.320. The molecule has 0 radical (unpaired) electrons. The number of methoxy groups -OCH3 is 2. The first-order valence-electron chi connectivity index (χ1n) is 5.08. The number of halogens is 1. The van der Waals surface area contributed by atoms with Crippen LogP contribution in [-0.4, -0.2) is 20.9 Å². The third-order valence-electron chi connectivity index (χ3n) is 2.41. The molecule has 4 nitrogen and oxygen atoms in total. The molecule has 0 N–H and O–H groups in total. The maximum Gasteiger partial charge on any atom is 0.162 e. The highest BCUT2D eigenvalue weighted by atomic mass is 35.5. The van der Waals surface area contributed by atoms with Crippen molar-refractivity contribution in [1.82, 2.24) is 0 Å². The summed E-state index contributed by atoms with van der Waals surface area (Å²) in [6.07, 6.45) is 0. The van der Waals surface area contributed by atoms with Crippen molar-refractivity contribution < 1.29 is 9.47 Å². The molecular formula is C13H13ClN2O2. The van der Waals surface area contributed by atoms with Crippen LogP contribution in [0.3, 0.4) is 0 Å². The molecule has 0 saturated carbocycles. The van der Waals surface area contributed by atoms with E-state index in [1.165, 1.54) is 14.2 Å². The van der Waals surface area contributed by atoms with Gasteiger partial charge in [0.1, 0.15) is 0 Å². The quantitative estimate of drug-likeness (QED) is 0.617. The third kappa shape index (κ3) is 2.63. The normalized spacial score (nSPS) is 11.3. The van der Waals surface area contributed by atoms with E-state index in [1.807, 2.05) is 6.07 Å². The Morgan fingerprint density at radius 2 is 1.89 bits per heavy atom. The number of allylic oxidation sites excluding steroid dienone is 1. The van der Waals surface area contributed by atoms with Crippen LogP contribution in [0.2, 0.25) is 0 Å². The van der Waals surface area contributed by atoms with Crippen LogP contribution in [0, 0.1) is 11.3 Å². The molecule has 0 spiro atoms. The number of nitriles is 1. The van der Waals surface area contributed by atoms with E-state index in [0.29, 0.717) is 33.4 Å². The Labute approximate surface area is 111 Å². The number of rotatable bonds is 4. The lowest BCUT2D eigenvalue weighted by Gasteiger charge is -2.12. The Kier molecular flexibility index (Phi) is 4.75. The third-order valence-corrected chi connectivity index (χ3v) is 2.89. The molecule has 0 aliphatic carbocycles. The molecule has 94 valence electrons. The summed E-state index contributed by atoms with van der Waals surface area (Å²) in [5.74, 6) is 1.05. The predicted octanol–water partition coefficient (Wildman–Crippen LogP) is 3.53. The molecular weight excluding hydrogens is 252 g/mol. The van der Waals surface area contributed by atoms with Gasteiger partial charge in [-0.05, 0) is 19.7 Å². The summed E-state index contributed by atoms with van der Waals surface area (Å²) in [4.78, 5) is 3.88. The smallest absolute Gasteiger partial charge is 0.162 e. The number of benzene rings is 1. The number of ether oxygens (including phenoxy) is 2. The van der Waals surface area contributed by atoms with Gasteiger partial charge in [-0.2, -0.15) is 5.26 Å². The summed E-state index contributed by atoms with van der Waals surface area (Å²) in [6, 6.07) is 5.33. The van der Waals surface area contributed by atoms with Crippen LogP contribution in [0.25, 0.3) is 5.03 Å². The summed E-state index contributed by atoms with van der Waals surface area (Å²) in [6.45, 7) is 5.11. The average Bonchev–Trinajstić information content (AvgIpc) is 2.43. The average molecular weight is 265 g/mol. The van der Waals surface area contributed by atoms with Crippen molar-refractivity contribution in [3.63, 3.8) is 0 Å². The number of hydrogen-bond acceptors (Lipinski definition) is 4. The summed E-state index contributed by atoms with van der Waals surface area (Å²) >= 11 is 6.14. The Morgan fingerprint density at radius 1 is 1.33 bits per heavy atom. The zero-order valence-electron chi connectivity index (χ0n) is 10.5. The van der Waals surface area contributed by atoms with Gasteiger partial charge in [-0.1, -0.05) is 11.6 Å². The molecule has 18 heavy (non-hydrogen) atoms. The first kappa shape index (κ1) is 14.1. The standard InChI is InChI=1S/C13H13ClN2O2/c1-8(7-15)13(14)9-5-11(17-3)12(18-4)6-10(9)16-2/h5-6H,2H2,1,3-4H3/b13-8-. The Bertz CT molecular complexity index is 545. The maximum atomic E-state index is 8.86. The molecule has 0 aliphatic heterocycles. The van der Waals surface area contributed by atoms with Gasteiger partial charge in [-0.15, -0.1) is 0 Å². The second-order valence-corrected chi connectivity index (χ2v) is 3.81. The Hall–Kier alpha value is -1.99. The van der Waals surface area contributed by atoms with Gasteiger partial charge in [0.15, 0.2) is 11.5 Å². The molecule has 0 unspecified atom stereocenters. The van der Waals surface area contributed by atoms with Crippen LogP contribution in [0.5, 0.6) is 11.5 Å². The molecule has 0 aliphatic rings. The molecule has 0 atom stereocenters. The van der Waals surface area contributed by atoms with Crippen molar-refractivity contribution >= 4 is 29.0 Å².